The lowest BCUT2D eigenvalue weighted by atomic mass is 10.1. The number of benzene rings is 2. The Morgan fingerprint density at radius 3 is 2.03 bits per heavy atom. The highest BCUT2D eigenvalue weighted by atomic mass is 16.3. The van der Waals surface area contributed by atoms with E-state index < -0.39 is 0 Å². The van der Waals surface area contributed by atoms with Crippen LogP contribution in [0.15, 0.2) is 64.0 Å². The van der Waals surface area contributed by atoms with Gasteiger partial charge in [-0.1, -0.05) is 0 Å². The average Bonchev–Trinajstić information content (AvgIpc) is 3.14. The summed E-state index contributed by atoms with van der Waals surface area (Å²) in [4.78, 5) is 25.8. The molecule has 0 saturated carbocycles. The zero-order valence-corrected chi connectivity index (χ0v) is 15.7. The third-order valence-corrected chi connectivity index (χ3v) is 4.67. The number of phenols is 2. The highest BCUT2D eigenvalue weighted by Gasteiger charge is 2.29. The lowest BCUT2D eigenvalue weighted by Crippen LogP contribution is -2.21. The normalized spacial score (nSPS) is 15.2. The van der Waals surface area contributed by atoms with E-state index in [-0.39, 0.29) is 23.0 Å². The number of carbonyl (C=O) groups excluding carboxylic acids is 1. The quantitative estimate of drug-likeness (QED) is 0.597. The van der Waals surface area contributed by atoms with Crippen molar-refractivity contribution in [2.45, 2.75) is 13.8 Å². The van der Waals surface area contributed by atoms with Crippen LogP contribution in [-0.4, -0.2) is 31.6 Å². The summed E-state index contributed by atoms with van der Waals surface area (Å²) in [7, 11) is 0. The van der Waals surface area contributed by atoms with Crippen LogP contribution in [0.1, 0.15) is 18.2 Å². The SMILES string of the molecule is CC1=NN(c2ccc(O)cc2)C(=O)C1=Cc1c(C)[nH]n(-c2ccc(O)cc2)c1=O. The van der Waals surface area contributed by atoms with Gasteiger partial charge >= 0.3 is 0 Å². The Kier molecular flexibility index (Phi) is 4.31. The van der Waals surface area contributed by atoms with Gasteiger partial charge in [0.05, 0.1) is 28.2 Å². The number of nitrogens with one attached hydrogen (secondary N) is 1. The van der Waals surface area contributed by atoms with Crippen LogP contribution in [0.3, 0.4) is 0 Å². The minimum absolute atomic E-state index is 0.0922. The molecule has 1 amide bonds. The van der Waals surface area contributed by atoms with Gasteiger partial charge in [0.15, 0.2) is 0 Å². The monoisotopic (exact) mass is 390 g/mol. The molecule has 0 radical (unpaired) electrons. The molecule has 4 rings (SSSR count). The molecule has 8 nitrogen and oxygen atoms in total. The van der Waals surface area contributed by atoms with Gasteiger partial charge in [0.1, 0.15) is 11.5 Å². The van der Waals surface area contributed by atoms with Crippen molar-refractivity contribution in [3.63, 3.8) is 0 Å². The Bertz CT molecular complexity index is 1220. The molecule has 1 aromatic heterocycles. The Hall–Kier alpha value is -4.07. The molecule has 0 atom stereocenters. The van der Waals surface area contributed by atoms with Crippen molar-refractivity contribution in [2.75, 3.05) is 5.01 Å². The zero-order chi connectivity index (χ0) is 20.7. The van der Waals surface area contributed by atoms with Crippen LogP contribution in [0.4, 0.5) is 5.69 Å². The number of nitrogens with zero attached hydrogens (tertiary/aromatic N) is 3. The van der Waals surface area contributed by atoms with E-state index in [2.05, 4.69) is 10.2 Å². The molecule has 0 bridgehead atoms. The van der Waals surface area contributed by atoms with Crippen molar-refractivity contribution in [1.29, 1.82) is 0 Å². The molecule has 0 spiro atoms. The van der Waals surface area contributed by atoms with Gasteiger partial charge in [0.2, 0.25) is 0 Å². The van der Waals surface area contributed by atoms with E-state index in [0.29, 0.717) is 33.9 Å². The number of H-pyrrole nitrogens is 1. The summed E-state index contributed by atoms with van der Waals surface area (Å²) in [5.74, 6) is -0.163. The van der Waals surface area contributed by atoms with Crippen molar-refractivity contribution < 1.29 is 15.0 Å². The Morgan fingerprint density at radius 1 is 0.897 bits per heavy atom. The lowest BCUT2D eigenvalue weighted by Gasteiger charge is -2.11. The number of aromatic amines is 1. The molecule has 146 valence electrons. The van der Waals surface area contributed by atoms with Crippen molar-refractivity contribution in [3.05, 3.63) is 75.7 Å². The molecule has 1 aliphatic rings. The maximum Gasteiger partial charge on any atom is 0.280 e. The van der Waals surface area contributed by atoms with Gasteiger partial charge in [-0.2, -0.15) is 10.1 Å². The largest absolute Gasteiger partial charge is 0.508 e. The van der Waals surface area contributed by atoms with E-state index in [4.69, 9.17) is 0 Å². The second-order valence-electron chi connectivity index (χ2n) is 6.68. The highest BCUT2D eigenvalue weighted by Crippen LogP contribution is 2.26. The van der Waals surface area contributed by atoms with E-state index in [1.165, 1.54) is 40.0 Å². The van der Waals surface area contributed by atoms with Crippen molar-refractivity contribution in [2.24, 2.45) is 5.10 Å². The number of aryl methyl sites for hydroxylation is 1. The van der Waals surface area contributed by atoms with Gasteiger partial charge in [-0.3, -0.25) is 14.7 Å². The molecule has 0 saturated heterocycles. The van der Waals surface area contributed by atoms with Crippen LogP contribution in [0.5, 0.6) is 11.5 Å². The first-order chi connectivity index (χ1) is 13.8. The first-order valence-corrected chi connectivity index (χ1v) is 8.87. The van der Waals surface area contributed by atoms with Gasteiger partial charge < -0.3 is 10.2 Å². The van der Waals surface area contributed by atoms with Gasteiger partial charge in [0.25, 0.3) is 11.5 Å². The van der Waals surface area contributed by atoms with Gasteiger partial charge in [-0.05, 0) is 68.5 Å². The highest BCUT2D eigenvalue weighted by molar-refractivity contribution is 6.32. The summed E-state index contributed by atoms with van der Waals surface area (Å²) in [6.45, 7) is 3.44. The molecule has 2 aromatic carbocycles. The Morgan fingerprint density at radius 2 is 1.45 bits per heavy atom. The van der Waals surface area contributed by atoms with Crippen molar-refractivity contribution in [3.8, 4) is 17.2 Å². The lowest BCUT2D eigenvalue weighted by molar-refractivity contribution is -0.114. The average molecular weight is 390 g/mol. The van der Waals surface area contributed by atoms with E-state index in [9.17, 15) is 19.8 Å². The van der Waals surface area contributed by atoms with E-state index in [1.54, 1.807) is 38.1 Å². The second-order valence-corrected chi connectivity index (χ2v) is 6.68. The molecular formula is C21H18N4O4. The first-order valence-electron chi connectivity index (χ1n) is 8.87. The number of amides is 1. The number of anilines is 1. The smallest absolute Gasteiger partial charge is 0.280 e. The minimum Gasteiger partial charge on any atom is -0.508 e. The van der Waals surface area contributed by atoms with Gasteiger partial charge in [0, 0.05) is 5.69 Å². The standard InChI is InChI=1S/C21H18N4O4/c1-12-18(20(28)24(22-12)14-3-7-16(26)8-4-14)11-19-13(2)23-25(21(19)29)15-5-9-17(27)10-6-15/h3-11,22,26-27H,1-2H3. The first kappa shape index (κ1) is 18.3. The number of hydrazone groups is 1. The van der Waals surface area contributed by atoms with Crippen molar-refractivity contribution >= 4 is 23.4 Å². The minimum atomic E-state index is -0.357. The van der Waals surface area contributed by atoms with Crippen LogP contribution in [0.2, 0.25) is 0 Å². The molecule has 8 heteroatoms. The molecule has 0 aliphatic carbocycles. The predicted octanol–water partition coefficient (Wildman–Crippen LogP) is 2.69. The van der Waals surface area contributed by atoms with Crippen LogP contribution in [-0.2, 0) is 4.79 Å². The number of carbonyl (C=O) groups is 1. The molecule has 3 aromatic rings. The molecule has 0 unspecified atom stereocenters. The summed E-state index contributed by atoms with van der Waals surface area (Å²) < 4.78 is 1.35. The number of aromatic hydroxyl groups is 2. The molecule has 2 heterocycles. The fourth-order valence-electron chi connectivity index (χ4n) is 3.11. The number of phenolic OH excluding ortho intramolecular Hbond substituents is 2. The maximum atomic E-state index is 12.9. The fraction of sp³-hybridized carbons (Fsp3) is 0.0952. The van der Waals surface area contributed by atoms with Crippen LogP contribution in [0.25, 0.3) is 11.8 Å². The molecule has 3 N–H and O–H groups in total. The summed E-state index contributed by atoms with van der Waals surface area (Å²) in [5.41, 5.74) is 2.51. The Balaban J connectivity index is 1.72. The molecule has 1 aliphatic heterocycles. The topological polar surface area (TPSA) is 111 Å². The fourth-order valence-corrected chi connectivity index (χ4v) is 3.11. The third kappa shape index (κ3) is 3.20. The maximum absolute atomic E-state index is 12.9. The number of hydrogen-bond acceptors (Lipinski definition) is 5. The van der Waals surface area contributed by atoms with Gasteiger partial charge in [-0.15, -0.1) is 0 Å². The molecule has 0 fully saturated rings. The Labute approximate surface area is 165 Å². The third-order valence-electron chi connectivity index (χ3n) is 4.67. The van der Waals surface area contributed by atoms with Gasteiger partial charge in [-0.25, -0.2) is 4.68 Å². The number of hydrogen-bond donors (Lipinski definition) is 3. The molecular weight excluding hydrogens is 372 g/mol. The van der Waals surface area contributed by atoms with Crippen molar-refractivity contribution in [1.82, 2.24) is 9.78 Å². The van der Waals surface area contributed by atoms with E-state index >= 15 is 0 Å². The van der Waals surface area contributed by atoms with Crippen LogP contribution < -0.4 is 10.6 Å². The predicted molar refractivity (Wildman–Crippen MR) is 109 cm³/mol. The van der Waals surface area contributed by atoms with E-state index in [1.807, 2.05) is 0 Å². The summed E-state index contributed by atoms with van der Waals surface area (Å²) in [6, 6.07) is 12.3. The molecule has 29 heavy (non-hydrogen) atoms. The van der Waals surface area contributed by atoms with E-state index in [0.717, 1.165) is 0 Å². The summed E-state index contributed by atoms with van der Waals surface area (Å²) >= 11 is 0. The number of aromatic nitrogens is 2. The summed E-state index contributed by atoms with van der Waals surface area (Å²) in [6.07, 6.45) is 1.53. The second kappa shape index (κ2) is 6.83. The summed E-state index contributed by atoms with van der Waals surface area (Å²) in [5, 5.41) is 27.4. The zero-order valence-electron chi connectivity index (χ0n) is 15.7. The van der Waals surface area contributed by atoms with Crippen LogP contribution in [0, 0.1) is 6.92 Å². The van der Waals surface area contributed by atoms with Crippen LogP contribution >= 0.6 is 0 Å². The number of rotatable bonds is 3.